The summed E-state index contributed by atoms with van der Waals surface area (Å²) in [5, 5.41) is 10.5. The van der Waals surface area contributed by atoms with Gasteiger partial charge in [-0.05, 0) is 48.4 Å². The lowest BCUT2D eigenvalue weighted by Gasteiger charge is -2.06. The van der Waals surface area contributed by atoms with E-state index in [2.05, 4.69) is 35.5 Å². The maximum Gasteiger partial charge on any atom is 0.224 e. The second kappa shape index (κ2) is 9.57. The molecular formula is C27H23N9O. The van der Waals surface area contributed by atoms with Crippen LogP contribution in [0.1, 0.15) is 36.7 Å². The molecule has 0 unspecified atom stereocenters. The average molecular weight is 490 g/mol. The fraction of sp³-hybridized carbons (Fsp3) is 0.148. The number of allylic oxidation sites excluding steroid dienone is 1. The number of fused-ring (bicyclic) bond motifs is 2. The molecule has 0 radical (unpaired) electrons. The van der Waals surface area contributed by atoms with E-state index in [1.165, 1.54) is 0 Å². The number of amides is 1. The van der Waals surface area contributed by atoms with Crippen molar-refractivity contribution in [2.24, 2.45) is 4.99 Å². The van der Waals surface area contributed by atoms with E-state index in [4.69, 9.17) is 9.97 Å². The van der Waals surface area contributed by atoms with Gasteiger partial charge in [0.2, 0.25) is 5.91 Å². The molecular weight excluding hydrogens is 466 g/mol. The van der Waals surface area contributed by atoms with E-state index in [0.717, 1.165) is 40.0 Å². The molecule has 6 heterocycles. The van der Waals surface area contributed by atoms with Gasteiger partial charge in [0.1, 0.15) is 5.52 Å². The molecule has 0 aliphatic carbocycles. The number of rotatable bonds is 6. The lowest BCUT2D eigenvalue weighted by molar-refractivity contribution is -0.116. The summed E-state index contributed by atoms with van der Waals surface area (Å²) < 4.78 is 0. The van der Waals surface area contributed by atoms with Crippen molar-refractivity contribution in [1.82, 2.24) is 35.1 Å². The first-order valence-electron chi connectivity index (χ1n) is 12.0. The fourth-order valence-corrected chi connectivity index (χ4v) is 4.30. The summed E-state index contributed by atoms with van der Waals surface area (Å²) in [6, 6.07) is 9.60. The Kier molecular flexibility index (Phi) is 5.81. The average Bonchev–Trinajstić information content (AvgIpc) is 3.48. The van der Waals surface area contributed by atoms with Crippen molar-refractivity contribution >= 4 is 34.4 Å². The van der Waals surface area contributed by atoms with Crippen molar-refractivity contribution in [1.29, 1.82) is 0 Å². The second-order valence-electron chi connectivity index (χ2n) is 8.64. The highest BCUT2D eigenvalue weighted by atomic mass is 16.1. The SMILES string of the molecule is CCCC(=O)Nc1cncc(-c2ccc3[nH]nc(-c4nc5c([nH]4)CN=CC=C5c4ccncc4)c3n2)c1. The van der Waals surface area contributed by atoms with Gasteiger partial charge in [-0.1, -0.05) is 6.92 Å². The van der Waals surface area contributed by atoms with E-state index in [-0.39, 0.29) is 5.91 Å². The predicted molar refractivity (Wildman–Crippen MR) is 142 cm³/mol. The van der Waals surface area contributed by atoms with E-state index in [1.54, 1.807) is 31.0 Å². The molecule has 3 N–H and O–H groups in total. The van der Waals surface area contributed by atoms with E-state index in [1.807, 2.05) is 43.3 Å². The smallest absolute Gasteiger partial charge is 0.224 e. The number of H-pyrrole nitrogens is 2. The number of hydrogen-bond acceptors (Lipinski definition) is 7. The van der Waals surface area contributed by atoms with Gasteiger partial charge in [-0.2, -0.15) is 5.10 Å². The summed E-state index contributed by atoms with van der Waals surface area (Å²) in [6.45, 7) is 2.45. The van der Waals surface area contributed by atoms with Gasteiger partial charge in [-0.3, -0.25) is 24.9 Å². The molecule has 0 spiro atoms. The maximum atomic E-state index is 12.0. The number of nitrogens with zero attached hydrogens (tertiary/aromatic N) is 6. The highest BCUT2D eigenvalue weighted by molar-refractivity contribution is 5.94. The van der Waals surface area contributed by atoms with Gasteiger partial charge >= 0.3 is 0 Å². The van der Waals surface area contributed by atoms with E-state index < -0.39 is 0 Å². The summed E-state index contributed by atoms with van der Waals surface area (Å²) in [7, 11) is 0. The van der Waals surface area contributed by atoms with Gasteiger partial charge in [-0.15, -0.1) is 0 Å². The Morgan fingerprint density at radius 3 is 2.78 bits per heavy atom. The standard InChI is InChI=1S/C27H23N9O/c1-2-3-23(37)31-18-12-17(13-30-14-18)20-4-5-21-25(32-20)26(36-35-21)27-33-22-15-29-11-8-19(24(22)34-27)16-6-9-28-10-7-16/h4-14H,2-3,15H2,1H3,(H,31,37)(H,33,34)(H,35,36). The Hall–Kier alpha value is -4.99. The van der Waals surface area contributed by atoms with Gasteiger partial charge < -0.3 is 10.3 Å². The van der Waals surface area contributed by atoms with Gasteiger partial charge in [0, 0.05) is 42.4 Å². The third-order valence-electron chi connectivity index (χ3n) is 6.05. The molecule has 0 fully saturated rings. The number of carbonyl (C=O) groups excluding carboxylic acids is 1. The zero-order valence-electron chi connectivity index (χ0n) is 20.1. The summed E-state index contributed by atoms with van der Waals surface area (Å²) >= 11 is 0. The fourth-order valence-electron chi connectivity index (χ4n) is 4.30. The topological polar surface area (TPSA) is 137 Å². The molecule has 0 aromatic carbocycles. The van der Waals surface area contributed by atoms with Crippen molar-refractivity contribution in [3.8, 4) is 22.8 Å². The molecule has 10 heteroatoms. The Bertz CT molecular complexity index is 1660. The zero-order chi connectivity index (χ0) is 25.2. The summed E-state index contributed by atoms with van der Waals surface area (Å²) in [5.74, 6) is 0.570. The maximum absolute atomic E-state index is 12.0. The Morgan fingerprint density at radius 2 is 1.92 bits per heavy atom. The number of aromatic nitrogens is 7. The minimum atomic E-state index is -0.0379. The molecule has 10 nitrogen and oxygen atoms in total. The molecule has 0 saturated heterocycles. The number of imidazole rings is 1. The van der Waals surface area contributed by atoms with E-state index in [9.17, 15) is 4.79 Å². The third kappa shape index (κ3) is 4.40. The molecule has 1 amide bonds. The van der Waals surface area contributed by atoms with Gasteiger partial charge in [0.15, 0.2) is 11.5 Å². The Morgan fingerprint density at radius 1 is 1.03 bits per heavy atom. The molecule has 5 aromatic rings. The van der Waals surface area contributed by atoms with Crippen LogP contribution in [0, 0.1) is 0 Å². The first-order chi connectivity index (χ1) is 18.2. The summed E-state index contributed by atoms with van der Waals surface area (Å²) in [4.78, 5) is 38.1. The van der Waals surface area contributed by atoms with Crippen LogP contribution in [0.15, 0.2) is 66.2 Å². The molecule has 37 heavy (non-hydrogen) atoms. The van der Waals surface area contributed by atoms with Crippen LogP contribution in [0.25, 0.3) is 39.4 Å². The van der Waals surface area contributed by atoms with Crippen LogP contribution in [-0.2, 0) is 11.3 Å². The monoisotopic (exact) mass is 489 g/mol. The molecule has 0 bridgehead atoms. The minimum Gasteiger partial charge on any atom is -0.338 e. The molecule has 6 rings (SSSR count). The van der Waals surface area contributed by atoms with Crippen LogP contribution in [0.3, 0.4) is 0 Å². The van der Waals surface area contributed by atoms with Crippen molar-refractivity contribution in [3.05, 3.63) is 78.1 Å². The van der Waals surface area contributed by atoms with Crippen LogP contribution >= 0.6 is 0 Å². The zero-order valence-corrected chi connectivity index (χ0v) is 20.1. The van der Waals surface area contributed by atoms with Crippen LogP contribution in [-0.4, -0.2) is 47.2 Å². The first-order valence-corrected chi connectivity index (χ1v) is 12.0. The largest absolute Gasteiger partial charge is 0.338 e. The molecule has 0 atom stereocenters. The molecule has 5 aromatic heterocycles. The second-order valence-corrected chi connectivity index (χ2v) is 8.64. The van der Waals surface area contributed by atoms with Crippen LogP contribution in [0.2, 0.25) is 0 Å². The Labute approximate surface area is 212 Å². The number of aromatic amines is 2. The van der Waals surface area contributed by atoms with Crippen molar-refractivity contribution in [2.45, 2.75) is 26.3 Å². The highest BCUT2D eigenvalue weighted by Crippen LogP contribution is 2.31. The normalized spacial score (nSPS) is 12.7. The highest BCUT2D eigenvalue weighted by Gasteiger charge is 2.21. The molecule has 1 aliphatic heterocycles. The summed E-state index contributed by atoms with van der Waals surface area (Å²) in [6.07, 6.45) is 11.9. The van der Waals surface area contributed by atoms with E-state index >= 15 is 0 Å². The number of hydrogen-bond donors (Lipinski definition) is 3. The van der Waals surface area contributed by atoms with E-state index in [0.29, 0.717) is 41.4 Å². The molecule has 0 saturated carbocycles. The predicted octanol–water partition coefficient (Wildman–Crippen LogP) is 4.56. The first kappa shape index (κ1) is 22.5. The van der Waals surface area contributed by atoms with Crippen molar-refractivity contribution in [3.63, 3.8) is 0 Å². The van der Waals surface area contributed by atoms with Crippen LogP contribution in [0.5, 0.6) is 0 Å². The number of carbonyl (C=O) groups is 1. The summed E-state index contributed by atoms with van der Waals surface area (Å²) in [5.41, 5.74) is 7.91. The Balaban J connectivity index is 1.38. The third-order valence-corrected chi connectivity index (χ3v) is 6.05. The van der Waals surface area contributed by atoms with Gasteiger partial charge in [-0.25, -0.2) is 9.97 Å². The van der Waals surface area contributed by atoms with Crippen LogP contribution < -0.4 is 5.32 Å². The van der Waals surface area contributed by atoms with Gasteiger partial charge in [0.05, 0.1) is 41.0 Å². The van der Waals surface area contributed by atoms with Crippen molar-refractivity contribution < 1.29 is 4.79 Å². The van der Waals surface area contributed by atoms with Gasteiger partial charge in [0.25, 0.3) is 0 Å². The lowest BCUT2D eigenvalue weighted by Crippen LogP contribution is -2.10. The lowest BCUT2D eigenvalue weighted by atomic mass is 10.0. The number of aliphatic imine (C=N–C) groups is 1. The number of anilines is 1. The molecule has 1 aliphatic rings. The number of nitrogens with one attached hydrogen (secondary N) is 3. The minimum absolute atomic E-state index is 0.0379. The van der Waals surface area contributed by atoms with Crippen molar-refractivity contribution in [2.75, 3.05) is 5.32 Å². The number of pyridine rings is 3. The van der Waals surface area contributed by atoms with Crippen LogP contribution in [0.4, 0.5) is 5.69 Å². The quantitative estimate of drug-likeness (QED) is 0.320. The molecule has 182 valence electrons.